The van der Waals surface area contributed by atoms with Crippen molar-refractivity contribution in [1.29, 1.82) is 0 Å². The van der Waals surface area contributed by atoms with Crippen LogP contribution in [0.4, 0.5) is 0 Å². The van der Waals surface area contributed by atoms with Gasteiger partial charge < -0.3 is 14.6 Å². The molecule has 1 heterocycles. The third kappa shape index (κ3) is 5.74. The van der Waals surface area contributed by atoms with E-state index in [0.717, 1.165) is 21.3 Å². The molecule has 8 heteroatoms. The molecular formula is C25H23ClN4O2S. The molecule has 0 aliphatic rings. The number of hydrogen-bond donors (Lipinski definition) is 1. The van der Waals surface area contributed by atoms with Crippen LogP contribution in [-0.2, 0) is 18.8 Å². The van der Waals surface area contributed by atoms with Gasteiger partial charge in [0.25, 0.3) is 5.91 Å². The second-order valence-electron chi connectivity index (χ2n) is 7.23. The van der Waals surface area contributed by atoms with Crippen molar-refractivity contribution < 1.29 is 9.53 Å². The first-order chi connectivity index (χ1) is 16.2. The number of ether oxygens (including phenoxy) is 1. The van der Waals surface area contributed by atoms with Gasteiger partial charge in [-0.2, -0.15) is 0 Å². The Morgan fingerprint density at radius 1 is 1.00 bits per heavy atom. The molecule has 4 aromatic rings. The molecule has 0 aliphatic carbocycles. The molecule has 0 radical (unpaired) electrons. The molecule has 3 aromatic carbocycles. The molecule has 33 heavy (non-hydrogen) atoms. The number of halogens is 1. The number of amides is 1. The summed E-state index contributed by atoms with van der Waals surface area (Å²) in [6.07, 6.45) is 0. The van der Waals surface area contributed by atoms with E-state index in [-0.39, 0.29) is 12.5 Å². The van der Waals surface area contributed by atoms with Crippen LogP contribution in [0.25, 0.3) is 0 Å². The number of rotatable bonds is 9. The second-order valence-corrected chi connectivity index (χ2v) is 8.58. The maximum Gasteiger partial charge on any atom is 0.255 e. The van der Waals surface area contributed by atoms with Gasteiger partial charge in [-0.05, 0) is 29.3 Å². The lowest BCUT2D eigenvalue weighted by molar-refractivity contribution is 0.0946. The summed E-state index contributed by atoms with van der Waals surface area (Å²) in [4.78, 5) is 12.8. The number of hydrogen-bond acceptors (Lipinski definition) is 5. The van der Waals surface area contributed by atoms with E-state index < -0.39 is 0 Å². The molecule has 0 fully saturated rings. The first kappa shape index (κ1) is 22.9. The minimum Gasteiger partial charge on any atom is -0.496 e. The number of thioether (sulfide) groups is 1. The molecule has 0 saturated carbocycles. The zero-order chi connectivity index (χ0) is 23.0. The molecule has 0 atom stereocenters. The van der Waals surface area contributed by atoms with Gasteiger partial charge in [0.1, 0.15) is 5.75 Å². The number of nitrogens with one attached hydrogen (secondary N) is 1. The number of carbonyl (C=O) groups excluding carboxylic acids is 1. The minimum absolute atomic E-state index is 0.230. The Labute approximate surface area is 202 Å². The van der Waals surface area contributed by atoms with Crippen molar-refractivity contribution in [3.63, 3.8) is 0 Å². The van der Waals surface area contributed by atoms with Gasteiger partial charge in [-0.3, -0.25) is 4.79 Å². The molecule has 1 aromatic heterocycles. The average molecular weight is 479 g/mol. The van der Waals surface area contributed by atoms with Crippen LogP contribution < -0.4 is 10.1 Å². The molecule has 0 saturated heterocycles. The van der Waals surface area contributed by atoms with Crippen molar-refractivity contribution in [3.05, 3.63) is 106 Å². The monoisotopic (exact) mass is 478 g/mol. The highest BCUT2D eigenvalue weighted by Gasteiger charge is 2.17. The van der Waals surface area contributed by atoms with E-state index >= 15 is 0 Å². The van der Waals surface area contributed by atoms with Crippen LogP contribution in [-0.4, -0.2) is 27.8 Å². The van der Waals surface area contributed by atoms with Crippen molar-refractivity contribution in [3.8, 4) is 5.75 Å². The Balaban J connectivity index is 1.54. The van der Waals surface area contributed by atoms with Crippen molar-refractivity contribution in [2.45, 2.75) is 24.0 Å². The lowest BCUT2D eigenvalue weighted by atomic mass is 10.2. The minimum atomic E-state index is -0.230. The predicted molar refractivity (Wildman–Crippen MR) is 131 cm³/mol. The maximum atomic E-state index is 12.8. The van der Waals surface area contributed by atoms with Crippen molar-refractivity contribution >= 4 is 29.3 Å². The highest BCUT2D eigenvalue weighted by atomic mass is 35.5. The van der Waals surface area contributed by atoms with Crippen LogP contribution in [0.5, 0.6) is 5.75 Å². The van der Waals surface area contributed by atoms with Crippen LogP contribution >= 0.6 is 23.4 Å². The summed E-state index contributed by atoms with van der Waals surface area (Å²) in [6.45, 7) is 0.835. The summed E-state index contributed by atoms with van der Waals surface area (Å²) in [6, 6.07) is 25.0. The summed E-state index contributed by atoms with van der Waals surface area (Å²) >= 11 is 7.88. The van der Waals surface area contributed by atoms with Gasteiger partial charge in [-0.1, -0.05) is 84.0 Å². The first-order valence-corrected chi connectivity index (χ1v) is 11.8. The van der Waals surface area contributed by atoms with E-state index in [1.165, 1.54) is 0 Å². The molecule has 0 unspecified atom stereocenters. The standard InChI is InChI=1S/C25H23ClN4O2S/c1-32-22-14-8-6-12-20(22)24(31)27-15-23-28-29-25(30(23)16-18-9-3-2-4-10-18)33-17-19-11-5-7-13-21(19)26/h2-14H,15-17H2,1H3,(H,27,31). The van der Waals surface area contributed by atoms with E-state index in [1.54, 1.807) is 37.1 Å². The highest BCUT2D eigenvalue weighted by Crippen LogP contribution is 2.27. The number of aromatic nitrogens is 3. The van der Waals surface area contributed by atoms with E-state index in [0.29, 0.717) is 29.4 Å². The average Bonchev–Trinajstić information content (AvgIpc) is 3.23. The van der Waals surface area contributed by atoms with Crippen LogP contribution in [0.1, 0.15) is 27.3 Å². The molecule has 0 bridgehead atoms. The molecular weight excluding hydrogens is 456 g/mol. The Kier molecular flexibility index (Phi) is 7.65. The SMILES string of the molecule is COc1ccccc1C(=O)NCc1nnc(SCc2ccccc2Cl)n1Cc1ccccc1. The number of methoxy groups -OCH3 is 1. The van der Waals surface area contributed by atoms with Gasteiger partial charge in [0.15, 0.2) is 11.0 Å². The van der Waals surface area contributed by atoms with Gasteiger partial charge >= 0.3 is 0 Å². The maximum absolute atomic E-state index is 12.8. The molecule has 168 valence electrons. The smallest absolute Gasteiger partial charge is 0.255 e. The lowest BCUT2D eigenvalue weighted by Crippen LogP contribution is -2.25. The predicted octanol–water partition coefficient (Wildman–Crippen LogP) is 5.21. The largest absolute Gasteiger partial charge is 0.496 e. The molecule has 0 aliphatic heterocycles. The zero-order valence-electron chi connectivity index (χ0n) is 18.1. The van der Waals surface area contributed by atoms with E-state index in [2.05, 4.69) is 27.6 Å². The van der Waals surface area contributed by atoms with Gasteiger partial charge in [0, 0.05) is 10.8 Å². The lowest BCUT2D eigenvalue weighted by Gasteiger charge is -2.12. The van der Waals surface area contributed by atoms with Gasteiger partial charge in [-0.15, -0.1) is 10.2 Å². The van der Waals surface area contributed by atoms with Gasteiger partial charge in [-0.25, -0.2) is 0 Å². The van der Waals surface area contributed by atoms with Crippen LogP contribution in [0, 0.1) is 0 Å². The van der Waals surface area contributed by atoms with E-state index in [1.807, 2.05) is 53.1 Å². The summed E-state index contributed by atoms with van der Waals surface area (Å²) < 4.78 is 7.33. The summed E-state index contributed by atoms with van der Waals surface area (Å²) in [5.74, 6) is 1.63. The quantitative estimate of drug-likeness (QED) is 0.334. The van der Waals surface area contributed by atoms with E-state index in [4.69, 9.17) is 16.3 Å². The third-order valence-electron chi connectivity index (χ3n) is 5.05. The molecule has 4 rings (SSSR count). The molecule has 0 spiro atoms. The fraction of sp³-hybridized carbons (Fsp3) is 0.160. The fourth-order valence-electron chi connectivity index (χ4n) is 3.33. The normalized spacial score (nSPS) is 10.7. The second kappa shape index (κ2) is 11.0. The molecule has 1 N–H and O–H groups in total. The van der Waals surface area contributed by atoms with E-state index in [9.17, 15) is 4.79 Å². The zero-order valence-corrected chi connectivity index (χ0v) is 19.6. The Morgan fingerprint density at radius 2 is 1.73 bits per heavy atom. The van der Waals surface area contributed by atoms with Crippen molar-refractivity contribution in [1.82, 2.24) is 20.1 Å². The topological polar surface area (TPSA) is 69.0 Å². The number of benzene rings is 3. The summed E-state index contributed by atoms with van der Waals surface area (Å²) in [7, 11) is 1.55. The van der Waals surface area contributed by atoms with Crippen LogP contribution in [0.15, 0.2) is 84.0 Å². The highest BCUT2D eigenvalue weighted by molar-refractivity contribution is 7.98. The van der Waals surface area contributed by atoms with Crippen molar-refractivity contribution in [2.75, 3.05) is 7.11 Å². The molecule has 1 amide bonds. The van der Waals surface area contributed by atoms with Crippen LogP contribution in [0.2, 0.25) is 5.02 Å². The number of carbonyl (C=O) groups is 1. The third-order valence-corrected chi connectivity index (χ3v) is 6.43. The summed E-state index contributed by atoms with van der Waals surface area (Å²) in [5, 5.41) is 13.2. The fourth-order valence-corrected chi connectivity index (χ4v) is 4.57. The first-order valence-electron chi connectivity index (χ1n) is 10.4. The number of para-hydroxylation sites is 1. The van der Waals surface area contributed by atoms with Crippen molar-refractivity contribution in [2.24, 2.45) is 0 Å². The number of nitrogens with zero attached hydrogens (tertiary/aromatic N) is 3. The Hall–Kier alpha value is -3.29. The van der Waals surface area contributed by atoms with Gasteiger partial charge in [0.05, 0.1) is 25.8 Å². The molecule has 6 nitrogen and oxygen atoms in total. The Morgan fingerprint density at radius 3 is 2.52 bits per heavy atom. The Bertz CT molecular complexity index is 1230. The van der Waals surface area contributed by atoms with Gasteiger partial charge in [0.2, 0.25) is 0 Å². The summed E-state index contributed by atoms with van der Waals surface area (Å²) in [5.41, 5.74) is 2.63. The van der Waals surface area contributed by atoms with Crippen LogP contribution in [0.3, 0.4) is 0 Å².